The van der Waals surface area contributed by atoms with E-state index in [9.17, 15) is 0 Å². The van der Waals surface area contributed by atoms with Crippen molar-refractivity contribution >= 4 is 0 Å². The van der Waals surface area contributed by atoms with Gasteiger partial charge in [0.05, 0.1) is 13.2 Å². The molecular formula is C10H17NO. The van der Waals surface area contributed by atoms with Gasteiger partial charge in [0.25, 0.3) is 0 Å². The highest BCUT2D eigenvalue weighted by molar-refractivity contribution is 5.09. The highest BCUT2D eigenvalue weighted by Gasteiger charge is 2.18. The Bertz CT molecular complexity index is 182. The van der Waals surface area contributed by atoms with Gasteiger partial charge in [-0.25, -0.2) is 0 Å². The molecule has 1 unspecified atom stereocenters. The Morgan fingerprint density at radius 2 is 2.17 bits per heavy atom. The van der Waals surface area contributed by atoms with E-state index in [1.807, 2.05) is 0 Å². The molecule has 0 aromatic carbocycles. The molecule has 1 fully saturated rings. The molecule has 1 saturated heterocycles. The van der Waals surface area contributed by atoms with Crippen molar-refractivity contribution in [2.24, 2.45) is 5.92 Å². The monoisotopic (exact) mass is 167 g/mol. The van der Waals surface area contributed by atoms with Crippen molar-refractivity contribution < 1.29 is 4.74 Å². The first-order valence-electron chi connectivity index (χ1n) is 4.89. The maximum atomic E-state index is 5.32. The number of morpholine rings is 1. The Hall–Kier alpha value is -0.500. The number of rotatable bonds is 1. The van der Waals surface area contributed by atoms with Crippen LogP contribution in [0, 0.1) is 5.92 Å². The topological polar surface area (TPSA) is 12.5 Å². The van der Waals surface area contributed by atoms with E-state index >= 15 is 0 Å². The molecule has 2 heteroatoms. The normalized spacial score (nSPS) is 30.6. The molecule has 0 spiro atoms. The molecule has 0 radical (unpaired) electrons. The molecule has 2 nitrogen and oxygen atoms in total. The molecule has 1 aliphatic heterocycles. The number of ether oxygens (including phenoxy) is 1. The van der Waals surface area contributed by atoms with Gasteiger partial charge in [0.2, 0.25) is 0 Å². The van der Waals surface area contributed by atoms with Crippen LogP contribution in [0.2, 0.25) is 0 Å². The van der Waals surface area contributed by atoms with Crippen molar-refractivity contribution in [2.75, 3.05) is 26.3 Å². The molecule has 1 heterocycles. The Morgan fingerprint density at radius 3 is 2.75 bits per heavy atom. The molecule has 2 rings (SSSR count). The molecule has 12 heavy (non-hydrogen) atoms. The SMILES string of the molecule is CC1C=C(N2CCOCC2)CC1. The first kappa shape index (κ1) is 8.11. The summed E-state index contributed by atoms with van der Waals surface area (Å²) in [6.07, 6.45) is 5.04. The van der Waals surface area contributed by atoms with E-state index in [-0.39, 0.29) is 0 Å². The summed E-state index contributed by atoms with van der Waals surface area (Å²) in [5.74, 6) is 0.794. The predicted molar refractivity (Wildman–Crippen MR) is 48.9 cm³/mol. The Labute approximate surface area is 74.2 Å². The molecule has 1 aliphatic carbocycles. The smallest absolute Gasteiger partial charge is 0.0642 e. The van der Waals surface area contributed by atoms with Crippen LogP contribution in [-0.2, 0) is 4.74 Å². The summed E-state index contributed by atoms with van der Waals surface area (Å²) >= 11 is 0. The van der Waals surface area contributed by atoms with Crippen LogP contribution in [0.1, 0.15) is 19.8 Å². The minimum atomic E-state index is 0.794. The zero-order chi connectivity index (χ0) is 8.39. The van der Waals surface area contributed by atoms with E-state index in [1.165, 1.54) is 12.8 Å². The van der Waals surface area contributed by atoms with Gasteiger partial charge in [-0.15, -0.1) is 0 Å². The molecule has 0 aromatic rings. The lowest BCUT2D eigenvalue weighted by Crippen LogP contribution is -2.35. The lowest BCUT2D eigenvalue weighted by atomic mass is 10.2. The van der Waals surface area contributed by atoms with Crippen LogP contribution in [0.5, 0.6) is 0 Å². The van der Waals surface area contributed by atoms with Gasteiger partial charge in [-0.05, 0) is 18.8 Å². The molecular weight excluding hydrogens is 150 g/mol. The fourth-order valence-corrected chi connectivity index (χ4v) is 1.98. The van der Waals surface area contributed by atoms with Crippen LogP contribution in [0.4, 0.5) is 0 Å². The van der Waals surface area contributed by atoms with Crippen molar-refractivity contribution in [2.45, 2.75) is 19.8 Å². The molecule has 0 saturated carbocycles. The van der Waals surface area contributed by atoms with Crippen LogP contribution in [0.3, 0.4) is 0 Å². The fraction of sp³-hybridized carbons (Fsp3) is 0.800. The summed E-state index contributed by atoms with van der Waals surface area (Å²) in [6.45, 7) is 6.31. The average molecular weight is 167 g/mol. The molecule has 68 valence electrons. The minimum Gasteiger partial charge on any atom is -0.378 e. The first-order valence-corrected chi connectivity index (χ1v) is 4.89. The maximum absolute atomic E-state index is 5.32. The Kier molecular flexibility index (Phi) is 2.35. The third kappa shape index (κ3) is 1.63. The number of nitrogens with zero attached hydrogens (tertiary/aromatic N) is 1. The summed E-state index contributed by atoms with van der Waals surface area (Å²) < 4.78 is 5.32. The van der Waals surface area contributed by atoms with Crippen LogP contribution >= 0.6 is 0 Å². The van der Waals surface area contributed by atoms with E-state index < -0.39 is 0 Å². The van der Waals surface area contributed by atoms with Crippen LogP contribution < -0.4 is 0 Å². The van der Waals surface area contributed by atoms with Gasteiger partial charge in [-0.2, -0.15) is 0 Å². The standard InChI is InChI=1S/C10H17NO/c1-9-2-3-10(8-9)11-4-6-12-7-5-11/h8-9H,2-7H2,1H3. The number of allylic oxidation sites excluding steroid dienone is 2. The van der Waals surface area contributed by atoms with Crippen LogP contribution in [-0.4, -0.2) is 31.2 Å². The van der Waals surface area contributed by atoms with Gasteiger partial charge in [-0.3, -0.25) is 0 Å². The summed E-state index contributed by atoms with van der Waals surface area (Å²) in [4.78, 5) is 2.48. The van der Waals surface area contributed by atoms with Gasteiger partial charge < -0.3 is 9.64 Å². The van der Waals surface area contributed by atoms with E-state index in [0.29, 0.717) is 0 Å². The molecule has 0 bridgehead atoms. The molecule has 2 aliphatic rings. The number of hydrogen-bond acceptors (Lipinski definition) is 2. The molecule has 0 amide bonds. The zero-order valence-electron chi connectivity index (χ0n) is 7.75. The van der Waals surface area contributed by atoms with Crippen molar-refractivity contribution in [1.82, 2.24) is 4.90 Å². The van der Waals surface area contributed by atoms with Crippen molar-refractivity contribution in [3.05, 3.63) is 11.8 Å². The molecule has 1 atom stereocenters. The van der Waals surface area contributed by atoms with Gasteiger partial charge in [0.1, 0.15) is 0 Å². The number of hydrogen-bond donors (Lipinski definition) is 0. The van der Waals surface area contributed by atoms with E-state index in [4.69, 9.17) is 4.74 Å². The van der Waals surface area contributed by atoms with Gasteiger partial charge >= 0.3 is 0 Å². The second kappa shape index (κ2) is 3.48. The highest BCUT2D eigenvalue weighted by atomic mass is 16.5. The third-order valence-electron chi connectivity index (χ3n) is 2.75. The lowest BCUT2D eigenvalue weighted by molar-refractivity contribution is 0.0526. The highest BCUT2D eigenvalue weighted by Crippen LogP contribution is 2.26. The van der Waals surface area contributed by atoms with Crippen molar-refractivity contribution in [1.29, 1.82) is 0 Å². The largest absolute Gasteiger partial charge is 0.378 e. The second-order valence-electron chi connectivity index (χ2n) is 3.77. The van der Waals surface area contributed by atoms with Gasteiger partial charge in [0, 0.05) is 18.8 Å². The third-order valence-corrected chi connectivity index (χ3v) is 2.75. The van der Waals surface area contributed by atoms with E-state index in [2.05, 4.69) is 17.9 Å². The maximum Gasteiger partial charge on any atom is 0.0642 e. The predicted octanol–water partition coefficient (Wildman–Crippen LogP) is 1.63. The second-order valence-corrected chi connectivity index (χ2v) is 3.77. The van der Waals surface area contributed by atoms with E-state index in [1.54, 1.807) is 5.70 Å². The first-order chi connectivity index (χ1) is 5.86. The summed E-state index contributed by atoms with van der Waals surface area (Å²) in [7, 11) is 0. The Morgan fingerprint density at radius 1 is 1.42 bits per heavy atom. The fourth-order valence-electron chi connectivity index (χ4n) is 1.98. The summed E-state index contributed by atoms with van der Waals surface area (Å²) in [5.41, 5.74) is 1.56. The van der Waals surface area contributed by atoms with Crippen molar-refractivity contribution in [3.8, 4) is 0 Å². The van der Waals surface area contributed by atoms with E-state index in [0.717, 1.165) is 32.2 Å². The van der Waals surface area contributed by atoms with Crippen LogP contribution in [0.25, 0.3) is 0 Å². The lowest BCUT2D eigenvalue weighted by Gasteiger charge is -2.29. The summed E-state index contributed by atoms with van der Waals surface area (Å²) in [6, 6.07) is 0. The minimum absolute atomic E-state index is 0.794. The van der Waals surface area contributed by atoms with Crippen LogP contribution in [0.15, 0.2) is 11.8 Å². The van der Waals surface area contributed by atoms with Gasteiger partial charge in [0.15, 0.2) is 0 Å². The quantitative estimate of drug-likeness (QED) is 0.588. The average Bonchev–Trinajstić information content (AvgIpc) is 2.54. The van der Waals surface area contributed by atoms with Crippen molar-refractivity contribution in [3.63, 3.8) is 0 Å². The summed E-state index contributed by atoms with van der Waals surface area (Å²) in [5, 5.41) is 0. The van der Waals surface area contributed by atoms with Gasteiger partial charge in [-0.1, -0.05) is 13.0 Å². The molecule has 0 N–H and O–H groups in total. The zero-order valence-corrected chi connectivity index (χ0v) is 7.75. The Balaban J connectivity index is 1.94. The molecule has 0 aromatic heterocycles.